The van der Waals surface area contributed by atoms with Crippen LogP contribution in [0.4, 0.5) is 0 Å². The molecule has 1 aromatic carbocycles. The molecule has 17 heavy (non-hydrogen) atoms. The highest BCUT2D eigenvalue weighted by molar-refractivity contribution is 5.92. The van der Waals surface area contributed by atoms with Gasteiger partial charge in [0.2, 0.25) is 0 Å². The van der Waals surface area contributed by atoms with Crippen LogP contribution in [-0.4, -0.2) is 34.1 Å². The third-order valence-electron chi connectivity index (χ3n) is 3.19. The van der Waals surface area contributed by atoms with E-state index in [9.17, 15) is 4.79 Å². The number of fused-ring (bicyclic) bond motifs is 1. The van der Waals surface area contributed by atoms with Crippen molar-refractivity contribution >= 4 is 17.0 Å². The zero-order valence-electron chi connectivity index (χ0n) is 9.23. The van der Waals surface area contributed by atoms with Crippen LogP contribution >= 0.6 is 0 Å². The summed E-state index contributed by atoms with van der Waals surface area (Å²) in [6, 6.07) is 4.97. The number of imidazole rings is 1. The second kappa shape index (κ2) is 3.85. The molecule has 0 radical (unpaired) electrons. The molecule has 1 unspecified atom stereocenters. The van der Waals surface area contributed by atoms with Crippen LogP contribution in [0.3, 0.4) is 0 Å². The first kappa shape index (κ1) is 10.3. The van der Waals surface area contributed by atoms with Crippen LogP contribution in [0.15, 0.2) is 18.2 Å². The first-order valence-electron chi connectivity index (χ1n) is 5.68. The Morgan fingerprint density at radius 1 is 1.47 bits per heavy atom. The zero-order chi connectivity index (χ0) is 11.8. The molecule has 88 valence electrons. The number of nitrogens with zero attached hydrogens (tertiary/aromatic N) is 1. The second-order valence-corrected chi connectivity index (χ2v) is 4.35. The summed E-state index contributed by atoms with van der Waals surface area (Å²) in [7, 11) is 0. The topological polar surface area (TPSA) is 78.0 Å². The summed E-state index contributed by atoms with van der Waals surface area (Å²) in [5.41, 5.74) is 1.92. The molecule has 3 rings (SSSR count). The lowest BCUT2D eigenvalue weighted by molar-refractivity contribution is 0.0697. The summed E-state index contributed by atoms with van der Waals surface area (Å²) in [4.78, 5) is 18.6. The maximum Gasteiger partial charge on any atom is 0.335 e. The monoisotopic (exact) mass is 231 g/mol. The van der Waals surface area contributed by atoms with Crippen LogP contribution in [0.1, 0.15) is 28.5 Å². The Labute approximate surface area is 97.9 Å². The average molecular weight is 231 g/mol. The number of hydrogen-bond acceptors (Lipinski definition) is 3. The molecular weight excluding hydrogens is 218 g/mol. The fourth-order valence-corrected chi connectivity index (χ4v) is 2.24. The summed E-state index contributed by atoms with van der Waals surface area (Å²) in [6.45, 7) is 1.95. The Kier molecular flexibility index (Phi) is 2.33. The van der Waals surface area contributed by atoms with Gasteiger partial charge in [-0.05, 0) is 31.2 Å². The van der Waals surface area contributed by atoms with Crippen molar-refractivity contribution in [1.82, 2.24) is 15.3 Å². The normalized spacial score (nSPS) is 19.9. The number of carbonyl (C=O) groups is 1. The Morgan fingerprint density at radius 2 is 2.35 bits per heavy atom. The molecule has 5 heteroatoms. The number of rotatable bonds is 2. The van der Waals surface area contributed by atoms with Gasteiger partial charge in [-0.25, -0.2) is 9.78 Å². The lowest BCUT2D eigenvalue weighted by atomic mass is 10.1. The van der Waals surface area contributed by atoms with Crippen molar-refractivity contribution in [3.63, 3.8) is 0 Å². The third kappa shape index (κ3) is 1.78. The number of carboxylic acid groups (broad SMARTS) is 1. The van der Waals surface area contributed by atoms with Crippen molar-refractivity contribution in [2.75, 3.05) is 13.1 Å². The van der Waals surface area contributed by atoms with Crippen molar-refractivity contribution in [1.29, 1.82) is 0 Å². The number of aromatic carboxylic acids is 1. The van der Waals surface area contributed by atoms with Gasteiger partial charge in [0.25, 0.3) is 0 Å². The quantitative estimate of drug-likeness (QED) is 0.728. The average Bonchev–Trinajstić information content (AvgIpc) is 2.96. The minimum absolute atomic E-state index is 0.289. The molecule has 3 N–H and O–H groups in total. The van der Waals surface area contributed by atoms with Gasteiger partial charge in [-0.15, -0.1) is 0 Å². The van der Waals surface area contributed by atoms with Crippen molar-refractivity contribution in [3.8, 4) is 0 Å². The number of H-pyrrole nitrogens is 1. The molecule has 1 saturated heterocycles. The number of carboxylic acids is 1. The summed E-state index contributed by atoms with van der Waals surface area (Å²) < 4.78 is 0. The lowest BCUT2D eigenvalue weighted by Gasteiger charge is -2.01. The van der Waals surface area contributed by atoms with Crippen molar-refractivity contribution in [3.05, 3.63) is 29.6 Å². The summed E-state index contributed by atoms with van der Waals surface area (Å²) in [5.74, 6) is 0.453. The van der Waals surface area contributed by atoms with Gasteiger partial charge in [-0.1, -0.05) is 0 Å². The van der Waals surface area contributed by atoms with Crippen LogP contribution in [0.5, 0.6) is 0 Å². The first-order chi connectivity index (χ1) is 8.24. The predicted molar refractivity (Wildman–Crippen MR) is 63.3 cm³/mol. The van der Waals surface area contributed by atoms with E-state index in [0.29, 0.717) is 5.92 Å². The highest BCUT2D eigenvalue weighted by atomic mass is 16.4. The van der Waals surface area contributed by atoms with Gasteiger partial charge in [-0.3, -0.25) is 0 Å². The first-order valence-corrected chi connectivity index (χ1v) is 5.68. The number of nitrogens with one attached hydrogen (secondary N) is 2. The van der Waals surface area contributed by atoms with Crippen molar-refractivity contribution < 1.29 is 9.90 Å². The molecule has 1 aromatic heterocycles. The van der Waals surface area contributed by atoms with Gasteiger partial charge < -0.3 is 15.4 Å². The van der Waals surface area contributed by atoms with Gasteiger partial charge in [0.1, 0.15) is 5.82 Å². The molecule has 0 spiro atoms. The zero-order valence-corrected chi connectivity index (χ0v) is 9.23. The summed E-state index contributed by atoms with van der Waals surface area (Å²) >= 11 is 0. The maximum atomic E-state index is 10.9. The smallest absolute Gasteiger partial charge is 0.335 e. The highest BCUT2D eigenvalue weighted by Crippen LogP contribution is 2.23. The molecule has 2 heterocycles. The van der Waals surface area contributed by atoms with E-state index >= 15 is 0 Å². The molecule has 0 bridgehead atoms. The molecule has 0 aliphatic carbocycles. The van der Waals surface area contributed by atoms with E-state index in [2.05, 4.69) is 15.3 Å². The number of aromatic amines is 1. The highest BCUT2D eigenvalue weighted by Gasteiger charge is 2.20. The van der Waals surface area contributed by atoms with E-state index in [1.54, 1.807) is 18.2 Å². The third-order valence-corrected chi connectivity index (χ3v) is 3.19. The summed E-state index contributed by atoms with van der Waals surface area (Å²) in [6.07, 6.45) is 1.08. The van der Waals surface area contributed by atoms with Gasteiger partial charge in [0.15, 0.2) is 0 Å². The van der Waals surface area contributed by atoms with Gasteiger partial charge in [-0.2, -0.15) is 0 Å². The number of benzene rings is 1. The lowest BCUT2D eigenvalue weighted by Crippen LogP contribution is -2.08. The van der Waals surface area contributed by atoms with Gasteiger partial charge >= 0.3 is 5.97 Å². The SMILES string of the molecule is O=C(O)c1ccc2nc(C3CCNC3)[nH]c2c1. The van der Waals surface area contributed by atoms with Gasteiger partial charge in [0, 0.05) is 12.5 Å². The molecule has 1 atom stereocenters. The maximum absolute atomic E-state index is 10.9. The predicted octanol–water partition coefficient (Wildman–Crippen LogP) is 1.34. The Balaban J connectivity index is 2.03. The molecule has 2 aromatic rings. The molecule has 1 fully saturated rings. The van der Waals surface area contributed by atoms with Crippen LogP contribution in [-0.2, 0) is 0 Å². The fourth-order valence-electron chi connectivity index (χ4n) is 2.24. The minimum atomic E-state index is -0.911. The Morgan fingerprint density at radius 3 is 3.06 bits per heavy atom. The largest absolute Gasteiger partial charge is 0.478 e. The molecule has 5 nitrogen and oxygen atoms in total. The van der Waals surface area contributed by atoms with Crippen molar-refractivity contribution in [2.24, 2.45) is 0 Å². The van der Waals surface area contributed by atoms with Gasteiger partial charge in [0.05, 0.1) is 16.6 Å². The van der Waals surface area contributed by atoms with E-state index < -0.39 is 5.97 Å². The minimum Gasteiger partial charge on any atom is -0.478 e. The van der Waals surface area contributed by atoms with Crippen LogP contribution in [0, 0.1) is 0 Å². The fraction of sp³-hybridized carbons (Fsp3) is 0.333. The van der Waals surface area contributed by atoms with Crippen molar-refractivity contribution in [2.45, 2.75) is 12.3 Å². The van der Waals surface area contributed by atoms with E-state index in [1.165, 1.54) is 0 Å². The van der Waals surface area contributed by atoms with E-state index in [-0.39, 0.29) is 5.56 Å². The Hall–Kier alpha value is -1.88. The van der Waals surface area contributed by atoms with Crippen LogP contribution in [0.25, 0.3) is 11.0 Å². The van der Waals surface area contributed by atoms with E-state index in [0.717, 1.165) is 36.4 Å². The standard InChI is InChI=1S/C12H13N3O2/c16-12(17)7-1-2-9-10(5-7)15-11(14-9)8-3-4-13-6-8/h1-2,5,8,13H,3-4,6H2,(H,14,15)(H,16,17). The molecular formula is C12H13N3O2. The number of aromatic nitrogens is 2. The molecule has 0 amide bonds. The molecule has 1 aliphatic heterocycles. The number of hydrogen-bond donors (Lipinski definition) is 3. The second-order valence-electron chi connectivity index (χ2n) is 4.35. The van der Waals surface area contributed by atoms with E-state index in [1.807, 2.05) is 0 Å². The molecule has 0 saturated carbocycles. The van der Waals surface area contributed by atoms with Crippen LogP contribution < -0.4 is 5.32 Å². The van der Waals surface area contributed by atoms with Crippen LogP contribution in [0.2, 0.25) is 0 Å². The summed E-state index contributed by atoms with van der Waals surface area (Å²) in [5, 5.41) is 12.2. The Bertz CT molecular complexity index is 570. The molecule has 1 aliphatic rings. The van der Waals surface area contributed by atoms with E-state index in [4.69, 9.17) is 5.11 Å².